The van der Waals surface area contributed by atoms with E-state index >= 15 is 0 Å². The van der Waals surface area contributed by atoms with Crippen molar-refractivity contribution in [1.29, 1.82) is 0 Å². The largest absolute Gasteiger partial charge is 0.311 e. The minimum Gasteiger partial charge on any atom is -0.311 e. The predicted octanol–water partition coefficient (Wildman–Crippen LogP) is 2.35. The molecule has 0 radical (unpaired) electrons. The van der Waals surface area contributed by atoms with Gasteiger partial charge < -0.3 is 10.2 Å². The lowest BCUT2D eigenvalue weighted by molar-refractivity contribution is 0.156. The molecule has 0 aromatic heterocycles. The van der Waals surface area contributed by atoms with Gasteiger partial charge in [-0.25, -0.2) is 0 Å². The van der Waals surface area contributed by atoms with Crippen LogP contribution in [-0.2, 0) is 0 Å². The van der Waals surface area contributed by atoms with Gasteiger partial charge in [-0.3, -0.25) is 0 Å². The lowest BCUT2D eigenvalue weighted by Crippen LogP contribution is -2.47. The predicted molar refractivity (Wildman–Crippen MR) is 67.1 cm³/mol. The first-order chi connectivity index (χ1) is 6.99. The summed E-state index contributed by atoms with van der Waals surface area (Å²) in [5.74, 6) is 1.85. The fourth-order valence-corrected chi connectivity index (χ4v) is 2.28. The van der Waals surface area contributed by atoms with Gasteiger partial charge in [0.15, 0.2) is 0 Å². The van der Waals surface area contributed by atoms with Gasteiger partial charge in [-0.05, 0) is 58.7 Å². The molecule has 1 unspecified atom stereocenters. The summed E-state index contributed by atoms with van der Waals surface area (Å²) in [4.78, 5) is 2.26. The van der Waals surface area contributed by atoms with Gasteiger partial charge in [-0.2, -0.15) is 0 Å². The van der Waals surface area contributed by atoms with Gasteiger partial charge in [0, 0.05) is 12.1 Å². The number of rotatable bonds is 6. The summed E-state index contributed by atoms with van der Waals surface area (Å²) in [5.41, 5.74) is 0. The second-order valence-electron chi connectivity index (χ2n) is 5.83. The minimum absolute atomic E-state index is 0.672. The van der Waals surface area contributed by atoms with Crippen LogP contribution in [0.15, 0.2) is 0 Å². The van der Waals surface area contributed by atoms with Crippen molar-refractivity contribution in [3.63, 3.8) is 0 Å². The highest BCUT2D eigenvalue weighted by Gasteiger charge is 2.31. The van der Waals surface area contributed by atoms with E-state index in [2.05, 4.69) is 45.1 Å². The summed E-state index contributed by atoms with van der Waals surface area (Å²) < 4.78 is 0. The molecular weight excluding hydrogens is 184 g/mol. The molecule has 1 N–H and O–H groups in total. The maximum atomic E-state index is 3.73. The summed E-state index contributed by atoms with van der Waals surface area (Å²) in [6, 6.07) is 1.47. The highest BCUT2D eigenvalue weighted by Crippen LogP contribution is 2.33. The Balaban J connectivity index is 2.05. The topological polar surface area (TPSA) is 15.3 Å². The van der Waals surface area contributed by atoms with Crippen LogP contribution in [-0.4, -0.2) is 37.6 Å². The monoisotopic (exact) mass is 212 g/mol. The van der Waals surface area contributed by atoms with Gasteiger partial charge in [0.2, 0.25) is 0 Å². The normalized spacial score (nSPS) is 28.2. The van der Waals surface area contributed by atoms with E-state index in [9.17, 15) is 0 Å². The molecule has 0 heterocycles. The molecule has 90 valence electrons. The maximum Gasteiger partial charge on any atom is 0.00750 e. The fourth-order valence-electron chi connectivity index (χ4n) is 2.28. The Morgan fingerprint density at radius 3 is 2.27 bits per heavy atom. The first-order valence-electron chi connectivity index (χ1n) is 6.39. The highest BCUT2D eigenvalue weighted by molar-refractivity contribution is 4.88. The third-order valence-corrected chi connectivity index (χ3v) is 3.65. The molecule has 0 aliphatic heterocycles. The van der Waals surface area contributed by atoms with Gasteiger partial charge in [-0.1, -0.05) is 13.8 Å². The summed E-state index contributed by atoms with van der Waals surface area (Å²) >= 11 is 0. The Bertz CT molecular complexity index is 169. The zero-order valence-corrected chi connectivity index (χ0v) is 11.1. The molecule has 1 saturated carbocycles. The second kappa shape index (κ2) is 5.86. The highest BCUT2D eigenvalue weighted by atomic mass is 15.1. The Kier molecular flexibility index (Phi) is 5.07. The molecule has 1 fully saturated rings. The average molecular weight is 212 g/mol. The third kappa shape index (κ3) is 4.52. The van der Waals surface area contributed by atoms with Gasteiger partial charge in [0.25, 0.3) is 0 Å². The SMILES string of the molecule is CC(CCN(C)C)NC1CC(C(C)C)C1. The summed E-state index contributed by atoms with van der Waals surface area (Å²) in [6.07, 6.45) is 4.05. The van der Waals surface area contributed by atoms with E-state index in [1.165, 1.54) is 25.8 Å². The van der Waals surface area contributed by atoms with E-state index in [-0.39, 0.29) is 0 Å². The van der Waals surface area contributed by atoms with Gasteiger partial charge in [0.1, 0.15) is 0 Å². The zero-order chi connectivity index (χ0) is 11.4. The van der Waals surface area contributed by atoms with Crippen molar-refractivity contribution >= 4 is 0 Å². The summed E-state index contributed by atoms with van der Waals surface area (Å²) in [7, 11) is 4.29. The van der Waals surface area contributed by atoms with Crippen LogP contribution in [0.3, 0.4) is 0 Å². The smallest absolute Gasteiger partial charge is 0.00750 e. The van der Waals surface area contributed by atoms with Crippen molar-refractivity contribution in [2.75, 3.05) is 20.6 Å². The Labute approximate surface area is 95.4 Å². The molecule has 0 amide bonds. The number of hydrogen-bond donors (Lipinski definition) is 1. The lowest BCUT2D eigenvalue weighted by Gasteiger charge is -2.40. The van der Waals surface area contributed by atoms with Gasteiger partial charge in [-0.15, -0.1) is 0 Å². The van der Waals surface area contributed by atoms with Gasteiger partial charge >= 0.3 is 0 Å². The Hall–Kier alpha value is -0.0800. The number of nitrogens with one attached hydrogen (secondary N) is 1. The van der Waals surface area contributed by atoms with E-state index in [1.54, 1.807) is 0 Å². The van der Waals surface area contributed by atoms with Crippen LogP contribution >= 0.6 is 0 Å². The average Bonchev–Trinajstić information content (AvgIpc) is 2.06. The van der Waals surface area contributed by atoms with Crippen molar-refractivity contribution < 1.29 is 0 Å². The van der Waals surface area contributed by atoms with E-state index in [4.69, 9.17) is 0 Å². The Morgan fingerprint density at radius 1 is 1.20 bits per heavy atom. The third-order valence-electron chi connectivity index (χ3n) is 3.65. The Morgan fingerprint density at radius 2 is 1.80 bits per heavy atom. The first kappa shape index (κ1) is 13.0. The summed E-state index contributed by atoms with van der Waals surface area (Å²) in [5, 5.41) is 3.73. The van der Waals surface area contributed by atoms with Crippen LogP contribution in [0.25, 0.3) is 0 Å². The second-order valence-corrected chi connectivity index (χ2v) is 5.83. The molecule has 1 rings (SSSR count). The van der Waals surface area contributed by atoms with Crippen molar-refractivity contribution in [3.05, 3.63) is 0 Å². The van der Waals surface area contributed by atoms with E-state index in [1.807, 2.05) is 0 Å². The van der Waals surface area contributed by atoms with Crippen molar-refractivity contribution in [2.24, 2.45) is 11.8 Å². The first-order valence-corrected chi connectivity index (χ1v) is 6.39. The zero-order valence-electron chi connectivity index (χ0n) is 11.1. The number of nitrogens with zero attached hydrogens (tertiary/aromatic N) is 1. The molecule has 1 aliphatic carbocycles. The molecule has 0 bridgehead atoms. The summed E-state index contributed by atoms with van der Waals surface area (Å²) in [6.45, 7) is 8.19. The molecule has 0 aromatic rings. The maximum absolute atomic E-state index is 3.73. The molecule has 2 heteroatoms. The van der Waals surface area contributed by atoms with Crippen LogP contribution in [0.4, 0.5) is 0 Å². The molecule has 0 saturated heterocycles. The van der Waals surface area contributed by atoms with E-state index < -0.39 is 0 Å². The minimum atomic E-state index is 0.672. The van der Waals surface area contributed by atoms with E-state index in [0.717, 1.165) is 17.9 Å². The number of hydrogen-bond acceptors (Lipinski definition) is 2. The van der Waals surface area contributed by atoms with Crippen LogP contribution in [0.2, 0.25) is 0 Å². The van der Waals surface area contributed by atoms with Crippen LogP contribution in [0.5, 0.6) is 0 Å². The fraction of sp³-hybridized carbons (Fsp3) is 1.00. The van der Waals surface area contributed by atoms with Gasteiger partial charge in [0.05, 0.1) is 0 Å². The molecule has 2 nitrogen and oxygen atoms in total. The van der Waals surface area contributed by atoms with E-state index in [0.29, 0.717) is 6.04 Å². The van der Waals surface area contributed by atoms with Crippen LogP contribution < -0.4 is 5.32 Å². The molecular formula is C13H28N2. The molecule has 0 aromatic carbocycles. The lowest BCUT2D eigenvalue weighted by atomic mass is 9.73. The van der Waals surface area contributed by atoms with Crippen molar-refractivity contribution in [1.82, 2.24) is 10.2 Å². The molecule has 15 heavy (non-hydrogen) atoms. The standard InChI is InChI=1S/C13H28N2/c1-10(2)12-8-13(9-12)14-11(3)6-7-15(4)5/h10-14H,6-9H2,1-5H3. The quantitative estimate of drug-likeness (QED) is 0.727. The van der Waals surface area contributed by atoms with Crippen molar-refractivity contribution in [2.45, 2.75) is 52.1 Å². The molecule has 0 spiro atoms. The molecule has 1 atom stereocenters. The van der Waals surface area contributed by atoms with Crippen molar-refractivity contribution in [3.8, 4) is 0 Å². The molecule has 1 aliphatic rings. The van der Waals surface area contributed by atoms with Crippen LogP contribution in [0, 0.1) is 11.8 Å². The van der Waals surface area contributed by atoms with Crippen LogP contribution in [0.1, 0.15) is 40.0 Å².